The molecule has 0 heterocycles. The summed E-state index contributed by atoms with van der Waals surface area (Å²) in [7, 11) is 3.82. The topological polar surface area (TPSA) is 0 Å². The number of unbranched alkanes of at least 4 members (excludes halogenated alkanes) is 3. The summed E-state index contributed by atoms with van der Waals surface area (Å²) >= 11 is 4.26. The lowest BCUT2D eigenvalue weighted by molar-refractivity contribution is 0.707. The summed E-state index contributed by atoms with van der Waals surface area (Å²) in [6.45, 7) is 2.25. The van der Waals surface area contributed by atoms with Gasteiger partial charge < -0.3 is 0 Å². The first-order valence-electron chi connectivity index (χ1n) is 5.41. The molecular formula is C12H18S3. The fourth-order valence-corrected chi connectivity index (χ4v) is 3.48. The van der Waals surface area contributed by atoms with Crippen LogP contribution in [0.5, 0.6) is 0 Å². The van der Waals surface area contributed by atoms with Gasteiger partial charge in [-0.05, 0) is 30.7 Å². The van der Waals surface area contributed by atoms with Crippen LogP contribution in [0.25, 0.3) is 0 Å². The van der Waals surface area contributed by atoms with Crippen LogP contribution in [-0.4, -0.2) is 5.75 Å². The van der Waals surface area contributed by atoms with Gasteiger partial charge in [0, 0.05) is 15.5 Å². The highest BCUT2D eigenvalue weighted by molar-refractivity contribution is 8.76. The summed E-state index contributed by atoms with van der Waals surface area (Å²) in [4.78, 5) is 2.36. The summed E-state index contributed by atoms with van der Waals surface area (Å²) in [6, 6.07) is 8.35. The highest BCUT2D eigenvalue weighted by atomic mass is 33.1. The van der Waals surface area contributed by atoms with Gasteiger partial charge >= 0.3 is 0 Å². The van der Waals surface area contributed by atoms with Gasteiger partial charge in [0.05, 0.1) is 0 Å². The zero-order chi connectivity index (χ0) is 10.9. The maximum absolute atomic E-state index is 4.26. The molecule has 0 aliphatic heterocycles. The molecule has 0 amide bonds. The van der Waals surface area contributed by atoms with Crippen LogP contribution in [0.3, 0.4) is 0 Å². The van der Waals surface area contributed by atoms with E-state index < -0.39 is 0 Å². The minimum absolute atomic E-state index is 1.03. The summed E-state index contributed by atoms with van der Waals surface area (Å²) in [5.74, 6) is 1.26. The maximum atomic E-state index is 4.26. The van der Waals surface area contributed by atoms with E-state index in [2.05, 4.69) is 31.7 Å². The van der Waals surface area contributed by atoms with Crippen molar-refractivity contribution in [3.8, 4) is 0 Å². The van der Waals surface area contributed by atoms with Crippen molar-refractivity contribution in [2.75, 3.05) is 5.75 Å². The molecule has 0 atom stereocenters. The lowest BCUT2D eigenvalue weighted by Gasteiger charge is -2.01. The van der Waals surface area contributed by atoms with Crippen molar-refractivity contribution in [1.82, 2.24) is 0 Å². The normalized spacial score (nSPS) is 10.5. The second-order valence-electron chi connectivity index (χ2n) is 3.46. The van der Waals surface area contributed by atoms with Crippen LogP contribution < -0.4 is 0 Å². The third-order valence-electron chi connectivity index (χ3n) is 2.07. The van der Waals surface area contributed by atoms with Crippen LogP contribution in [0.1, 0.15) is 32.6 Å². The molecule has 84 valence electrons. The fraction of sp³-hybridized carbons (Fsp3) is 0.500. The Kier molecular flexibility index (Phi) is 7.49. The standard InChI is InChI=1S/C12H18S3/c1-2-3-4-5-10-14-15-12-8-6-11(13)7-9-12/h6-9,13H,2-5,10H2,1H3. The highest BCUT2D eigenvalue weighted by Crippen LogP contribution is 2.32. The molecule has 0 bridgehead atoms. The Balaban J connectivity index is 2.07. The molecular weight excluding hydrogens is 240 g/mol. The van der Waals surface area contributed by atoms with Crippen molar-refractivity contribution in [3.63, 3.8) is 0 Å². The summed E-state index contributed by atoms with van der Waals surface area (Å²) in [5.41, 5.74) is 0. The minimum Gasteiger partial charge on any atom is -0.143 e. The number of benzene rings is 1. The van der Waals surface area contributed by atoms with Gasteiger partial charge in [-0.1, -0.05) is 47.8 Å². The Morgan fingerprint density at radius 2 is 1.80 bits per heavy atom. The smallest absolute Gasteiger partial charge is 0.0183 e. The van der Waals surface area contributed by atoms with E-state index in [0.29, 0.717) is 0 Å². The average Bonchev–Trinajstić information content (AvgIpc) is 2.26. The maximum Gasteiger partial charge on any atom is 0.0183 e. The molecule has 0 saturated heterocycles. The van der Waals surface area contributed by atoms with Gasteiger partial charge in [-0.15, -0.1) is 12.6 Å². The molecule has 0 unspecified atom stereocenters. The van der Waals surface area contributed by atoms with Gasteiger partial charge in [0.1, 0.15) is 0 Å². The van der Waals surface area contributed by atoms with Crippen LogP contribution in [0.2, 0.25) is 0 Å². The lowest BCUT2D eigenvalue weighted by Crippen LogP contribution is -1.78. The van der Waals surface area contributed by atoms with Crippen molar-refractivity contribution in [3.05, 3.63) is 24.3 Å². The zero-order valence-corrected chi connectivity index (χ0v) is 11.6. The molecule has 0 aliphatic rings. The van der Waals surface area contributed by atoms with Crippen molar-refractivity contribution >= 4 is 34.2 Å². The Hall–Kier alpha value is 0.270. The molecule has 0 fully saturated rings. The van der Waals surface area contributed by atoms with Gasteiger partial charge in [-0.25, -0.2) is 0 Å². The first kappa shape index (κ1) is 13.3. The van der Waals surface area contributed by atoms with Crippen LogP contribution in [0.15, 0.2) is 34.1 Å². The number of rotatable bonds is 7. The fourth-order valence-electron chi connectivity index (χ4n) is 1.20. The monoisotopic (exact) mass is 258 g/mol. The van der Waals surface area contributed by atoms with E-state index in [9.17, 15) is 0 Å². The molecule has 0 radical (unpaired) electrons. The Labute approximate surface area is 106 Å². The molecule has 0 N–H and O–H groups in total. The van der Waals surface area contributed by atoms with Crippen LogP contribution in [0, 0.1) is 0 Å². The van der Waals surface area contributed by atoms with Gasteiger partial charge in [0.15, 0.2) is 0 Å². The minimum atomic E-state index is 1.03. The molecule has 0 spiro atoms. The first-order valence-corrected chi connectivity index (χ1v) is 8.18. The molecule has 1 aromatic carbocycles. The summed E-state index contributed by atoms with van der Waals surface area (Å²) < 4.78 is 0. The number of hydrogen-bond donors (Lipinski definition) is 1. The molecule has 1 rings (SSSR count). The second kappa shape index (κ2) is 8.43. The third-order valence-corrected chi connectivity index (χ3v) is 4.84. The van der Waals surface area contributed by atoms with Crippen molar-refractivity contribution in [2.24, 2.45) is 0 Å². The molecule has 3 heteroatoms. The first-order chi connectivity index (χ1) is 7.33. The molecule has 1 aromatic rings. The molecule has 0 nitrogen and oxygen atoms in total. The van der Waals surface area contributed by atoms with E-state index in [-0.39, 0.29) is 0 Å². The SMILES string of the molecule is CCCCCCSSc1ccc(S)cc1. The molecule has 15 heavy (non-hydrogen) atoms. The third kappa shape index (κ3) is 6.44. The predicted molar refractivity (Wildman–Crippen MR) is 76.2 cm³/mol. The highest BCUT2D eigenvalue weighted by Gasteiger charge is 1.94. The lowest BCUT2D eigenvalue weighted by atomic mass is 10.2. The van der Waals surface area contributed by atoms with Gasteiger partial charge in [0.2, 0.25) is 0 Å². The van der Waals surface area contributed by atoms with Gasteiger partial charge in [-0.3, -0.25) is 0 Å². The van der Waals surface area contributed by atoms with Crippen LogP contribution in [-0.2, 0) is 0 Å². The van der Waals surface area contributed by atoms with Crippen LogP contribution >= 0.6 is 34.2 Å². The van der Waals surface area contributed by atoms with Crippen molar-refractivity contribution in [1.29, 1.82) is 0 Å². The number of thiol groups is 1. The van der Waals surface area contributed by atoms with Gasteiger partial charge in [-0.2, -0.15) is 0 Å². The van der Waals surface area contributed by atoms with E-state index >= 15 is 0 Å². The van der Waals surface area contributed by atoms with Crippen molar-refractivity contribution < 1.29 is 0 Å². The van der Waals surface area contributed by atoms with E-state index in [1.807, 2.05) is 33.7 Å². The molecule has 0 aliphatic carbocycles. The largest absolute Gasteiger partial charge is 0.143 e. The van der Waals surface area contributed by atoms with E-state index in [0.717, 1.165) is 4.90 Å². The van der Waals surface area contributed by atoms with E-state index in [1.165, 1.54) is 36.3 Å². The second-order valence-corrected chi connectivity index (χ2v) is 6.47. The van der Waals surface area contributed by atoms with Crippen molar-refractivity contribution in [2.45, 2.75) is 42.4 Å². The van der Waals surface area contributed by atoms with E-state index in [1.54, 1.807) is 0 Å². The Morgan fingerprint density at radius 3 is 2.47 bits per heavy atom. The van der Waals surface area contributed by atoms with E-state index in [4.69, 9.17) is 0 Å². The zero-order valence-electron chi connectivity index (χ0n) is 9.11. The number of hydrogen-bond acceptors (Lipinski definition) is 3. The Morgan fingerprint density at radius 1 is 1.07 bits per heavy atom. The summed E-state index contributed by atoms with van der Waals surface area (Å²) in [6.07, 6.45) is 5.41. The molecule has 0 saturated carbocycles. The van der Waals surface area contributed by atoms with Crippen LogP contribution in [0.4, 0.5) is 0 Å². The molecule has 0 aromatic heterocycles. The quantitative estimate of drug-likeness (QED) is 0.400. The van der Waals surface area contributed by atoms with Gasteiger partial charge in [0.25, 0.3) is 0 Å². The summed E-state index contributed by atoms with van der Waals surface area (Å²) in [5, 5.41) is 0. The average molecular weight is 258 g/mol. The Bertz CT molecular complexity index is 256. The predicted octanol–water partition coefficient (Wildman–Crippen LogP) is 5.30.